The van der Waals surface area contributed by atoms with Crippen LogP contribution in [-0.2, 0) is 17.6 Å². The van der Waals surface area contributed by atoms with Gasteiger partial charge < -0.3 is 9.47 Å². The van der Waals surface area contributed by atoms with Crippen LogP contribution in [0.5, 0.6) is 0 Å². The van der Waals surface area contributed by atoms with Crippen LogP contribution in [0.1, 0.15) is 30.1 Å². The Bertz CT molecular complexity index is 737. The predicted octanol–water partition coefficient (Wildman–Crippen LogP) is 2.23. The van der Waals surface area contributed by atoms with Crippen molar-refractivity contribution in [3.63, 3.8) is 0 Å². The molecule has 1 fully saturated rings. The monoisotopic (exact) mass is 378 g/mol. The third-order valence-electron chi connectivity index (χ3n) is 4.00. The van der Waals surface area contributed by atoms with Gasteiger partial charge in [-0.25, -0.2) is 9.97 Å². The Kier molecular flexibility index (Phi) is 5.95. The number of amides is 1. The Morgan fingerprint density at radius 3 is 2.48 bits per heavy atom. The molecule has 0 unspecified atom stereocenters. The largest absolute Gasteiger partial charge is 0.342 e. The molecule has 0 aromatic carbocycles. The minimum atomic E-state index is 0.185. The van der Waals surface area contributed by atoms with E-state index in [4.69, 9.17) is 0 Å². The van der Waals surface area contributed by atoms with Gasteiger partial charge in [0.2, 0.25) is 5.91 Å². The van der Waals surface area contributed by atoms with E-state index in [1.54, 1.807) is 11.8 Å². The molecule has 2 aromatic rings. The van der Waals surface area contributed by atoms with Crippen LogP contribution in [0.2, 0.25) is 0 Å². The lowest BCUT2D eigenvalue weighted by Gasteiger charge is -2.14. The fraction of sp³-hybridized carbons (Fsp3) is 0.562. The number of aromatic nitrogens is 5. The summed E-state index contributed by atoms with van der Waals surface area (Å²) in [7, 11) is 1.93. The summed E-state index contributed by atoms with van der Waals surface area (Å²) in [6.45, 7) is 5.70. The van der Waals surface area contributed by atoms with E-state index < -0.39 is 0 Å². The Morgan fingerprint density at radius 2 is 1.80 bits per heavy atom. The maximum atomic E-state index is 12.1. The van der Waals surface area contributed by atoms with Gasteiger partial charge in [0.1, 0.15) is 5.82 Å². The number of rotatable bonds is 6. The van der Waals surface area contributed by atoms with Crippen molar-refractivity contribution in [1.82, 2.24) is 29.6 Å². The summed E-state index contributed by atoms with van der Waals surface area (Å²) >= 11 is 2.99. The van der Waals surface area contributed by atoms with E-state index in [0.29, 0.717) is 11.5 Å². The number of thioether (sulfide) groups is 2. The quantitative estimate of drug-likeness (QED) is 0.563. The maximum Gasteiger partial charge on any atom is 0.233 e. The summed E-state index contributed by atoms with van der Waals surface area (Å²) < 4.78 is 1.94. The summed E-state index contributed by atoms with van der Waals surface area (Å²) in [5, 5.41) is 9.97. The first-order valence-electron chi connectivity index (χ1n) is 8.27. The van der Waals surface area contributed by atoms with Crippen molar-refractivity contribution in [3.05, 3.63) is 23.3 Å². The van der Waals surface area contributed by atoms with Gasteiger partial charge in [-0.1, -0.05) is 23.5 Å². The number of likely N-dealkylation sites (tertiary alicyclic amines) is 1. The Balaban J connectivity index is 1.56. The van der Waals surface area contributed by atoms with Crippen LogP contribution < -0.4 is 0 Å². The highest BCUT2D eigenvalue weighted by Gasteiger charge is 2.19. The second-order valence-corrected chi connectivity index (χ2v) is 7.94. The molecule has 0 atom stereocenters. The van der Waals surface area contributed by atoms with Gasteiger partial charge in [0.05, 0.1) is 11.5 Å². The number of hydrogen-bond donors (Lipinski definition) is 0. The highest BCUT2D eigenvalue weighted by molar-refractivity contribution is 7.99. The van der Waals surface area contributed by atoms with E-state index >= 15 is 0 Å². The van der Waals surface area contributed by atoms with Crippen molar-refractivity contribution in [2.24, 2.45) is 7.05 Å². The zero-order valence-electron chi connectivity index (χ0n) is 14.7. The van der Waals surface area contributed by atoms with E-state index in [1.807, 2.05) is 36.4 Å². The van der Waals surface area contributed by atoms with Crippen molar-refractivity contribution in [1.29, 1.82) is 0 Å². The maximum absolute atomic E-state index is 12.1. The van der Waals surface area contributed by atoms with Crippen molar-refractivity contribution < 1.29 is 4.79 Å². The average Bonchev–Trinajstić information content (AvgIpc) is 3.20. The highest BCUT2D eigenvalue weighted by atomic mass is 32.2. The number of hydrogen-bond acceptors (Lipinski definition) is 7. The second kappa shape index (κ2) is 8.18. The highest BCUT2D eigenvalue weighted by Crippen LogP contribution is 2.22. The lowest BCUT2D eigenvalue weighted by Crippen LogP contribution is -2.29. The Labute approximate surface area is 156 Å². The normalized spacial score (nSPS) is 14.3. The zero-order valence-corrected chi connectivity index (χ0v) is 16.4. The molecule has 1 aliphatic heterocycles. The fourth-order valence-corrected chi connectivity index (χ4v) is 4.43. The van der Waals surface area contributed by atoms with Crippen molar-refractivity contribution in [3.8, 4) is 0 Å². The smallest absolute Gasteiger partial charge is 0.233 e. The molecule has 1 saturated heterocycles. The standard InChI is InChI=1S/C16H22N6OS2/c1-11-8-12(2)18-15(17-11)24-9-13-19-20-16(21(13)3)25-10-14(23)22-6-4-5-7-22/h8H,4-7,9-10H2,1-3H3. The van der Waals surface area contributed by atoms with E-state index in [9.17, 15) is 4.79 Å². The molecule has 1 amide bonds. The van der Waals surface area contributed by atoms with Gasteiger partial charge in [-0.15, -0.1) is 10.2 Å². The third-order valence-corrected chi connectivity index (χ3v) is 5.85. The molecule has 7 nitrogen and oxygen atoms in total. The van der Waals surface area contributed by atoms with Crippen molar-refractivity contribution >= 4 is 29.4 Å². The SMILES string of the molecule is Cc1cc(C)nc(SCc2nnc(SCC(=O)N3CCCC3)n2C)n1. The van der Waals surface area contributed by atoms with E-state index in [0.717, 1.165) is 53.5 Å². The number of nitrogens with zero attached hydrogens (tertiary/aromatic N) is 6. The van der Waals surface area contributed by atoms with E-state index in [-0.39, 0.29) is 5.91 Å². The van der Waals surface area contributed by atoms with Crippen LogP contribution in [0.25, 0.3) is 0 Å². The first-order chi connectivity index (χ1) is 12.0. The number of carbonyl (C=O) groups excluding carboxylic acids is 1. The molecule has 0 bridgehead atoms. The summed E-state index contributed by atoms with van der Waals surface area (Å²) in [5.41, 5.74) is 1.93. The van der Waals surface area contributed by atoms with Crippen LogP contribution in [-0.4, -0.2) is 54.4 Å². The lowest BCUT2D eigenvalue weighted by molar-refractivity contribution is -0.127. The molecule has 0 saturated carbocycles. The van der Waals surface area contributed by atoms with Gasteiger partial charge in [0.25, 0.3) is 0 Å². The van der Waals surface area contributed by atoms with Gasteiger partial charge in [-0.05, 0) is 32.8 Å². The van der Waals surface area contributed by atoms with Crippen LogP contribution in [0, 0.1) is 13.8 Å². The van der Waals surface area contributed by atoms with Gasteiger partial charge in [-0.2, -0.15) is 0 Å². The molecule has 134 valence electrons. The molecule has 0 spiro atoms. The van der Waals surface area contributed by atoms with E-state index in [1.165, 1.54) is 11.8 Å². The predicted molar refractivity (Wildman–Crippen MR) is 98.6 cm³/mol. The number of carbonyl (C=O) groups is 1. The summed E-state index contributed by atoms with van der Waals surface area (Å²) in [5.74, 6) is 2.10. The minimum absolute atomic E-state index is 0.185. The van der Waals surface area contributed by atoms with Crippen molar-refractivity contribution in [2.45, 2.75) is 42.8 Å². The molecule has 0 aliphatic carbocycles. The van der Waals surface area contributed by atoms with Gasteiger partial charge in [0, 0.05) is 31.5 Å². The molecule has 2 aromatic heterocycles. The molecule has 9 heteroatoms. The summed E-state index contributed by atoms with van der Waals surface area (Å²) in [6, 6.07) is 1.96. The zero-order chi connectivity index (χ0) is 17.8. The van der Waals surface area contributed by atoms with Crippen molar-refractivity contribution in [2.75, 3.05) is 18.8 Å². The Hall–Kier alpha value is -1.61. The Morgan fingerprint density at radius 1 is 1.12 bits per heavy atom. The first-order valence-corrected chi connectivity index (χ1v) is 10.2. The molecule has 1 aliphatic rings. The summed E-state index contributed by atoms with van der Waals surface area (Å²) in [6.07, 6.45) is 2.23. The molecule has 25 heavy (non-hydrogen) atoms. The molecule has 3 rings (SSSR count). The average molecular weight is 379 g/mol. The minimum Gasteiger partial charge on any atom is -0.342 e. The number of aryl methyl sites for hydroxylation is 2. The molecule has 3 heterocycles. The molecular weight excluding hydrogens is 356 g/mol. The first kappa shape index (κ1) is 18.2. The lowest BCUT2D eigenvalue weighted by atomic mass is 10.4. The fourth-order valence-electron chi connectivity index (χ4n) is 2.67. The van der Waals surface area contributed by atoms with Gasteiger partial charge in [-0.3, -0.25) is 4.79 Å². The van der Waals surface area contributed by atoms with Crippen LogP contribution in [0.3, 0.4) is 0 Å². The van der Waals surface area contributed by atoms with Crippen LogP contribution >= 0.6 is 23.5 Å². The second-order valence-electron chi connectivity index (χ2n) is 6.06. The summed E-state index contributed by atoms with van der Waals surface area (Å²) in [4.78, 5) is 22.9. The van der Waals surface area contributed by atoms with Crippen LogP contribution in [0.15, 0.2) is 16.4 Å². The van der Waals surface area contributed by atoms with Gasteiger partial charge >= 0.3 is 0 Å². The van der Waals surface area contributed by atoms with Gasteiger partial charge in [0.15, 0.2) is 10.3 Å². The van der Waals surface area contributed by atoms with E-state index in [2.05, 4.69) is 20.2 Å². The molecular formula is C16H22N6OS2. The topological polar surface area (TPSA) is 76.8 Å². The molecule has 0 radical (unpaired) electrons. The molecule has 0 N–H and O–H groups in total. The third kappa shape index (κ3) is 4.72. The van der Waals surface area contributed by atoms with Crippen LogP contribution in [0.4, 0.5) is 0 Å².